The van der Waals surface area contributed by atoms with Crippen LogP contribution in [-0.4, -0.2) is 98.6 Å². The lowest BCUT2D eigenvalue weighted by Crippen LogP contribution is -2.52. The summed E-state index contributed by atoms with van der Waals surface area (Å²) in [5.41, 5.74) is 0.558. The maximum atomic E-state index is 13.8. The van der Waals surface area contributed by atoms with Gasteiger partial charge >= 0.3 is 24.2 Å². The van der Waals surface area contributed by atoms with Crippen molar-refractivity contribution in [1.82, 2.24) is 15.3 Å². The van der Waals surface area contributed by atoms with Crippen molar-refractivity contribution in [1.29, 1.82) is 0 Å². The largest absolute Gasteiger partial charge is 0.513 e. The molecule has 3 amide bonds. The van der Waals surface area contributed by atoms with Crippen molar-refractivity contribution in [2.75, 3.05) is 34.6 Å². The van der Waals surface area contributed by atoms with Gasteiger partial charge in [0.2, 0.25) is 5.91 Å². The number of carbonyl (C=O) groups is 7. The molecule has 1 saturated heterocycles. The van der Waals surface area contributed by atoms with E-state index in [9.17, 15) is 33.6 Å². The van der Waals surface area contributed by atoms with Crippen LogP contribution in [0.2, 0.25) is 0 Å². The Morgan fingerprint density at radius 2 is 1.52 bits per heavy atom. The smallest absolute Gasteiger partial charge is 0.459 e. The molecule has 1 heterocycles. The van der Waals surface area contributed by atoms with E-state index < -0.39 is 66.5 Å². The van der Waals surface area contributed by atoms with Crippen molar-refractivity contribution in [2.45, 2.75) is 31.5 Å². The van der Waals surface area contributed by atoms with Crippen LogP contribution in [-0.2, 0) is 44.8 Å². The lowest BCUT2D eigenvalue weighted by atomic mass is 10.1. The number of hydrogen-bond donors (Lipinski definition) is 1. The lowest BCUT2D eigenvalue weighted by molar-refractivity contribution is -0.162. The highest BCUT2D eigenvalue weighted by Gasteiger charge is 2.39. The Balaban J connectivity index is 1.51. The minimum absolute atomic E-state index is 0.140. The summed E-state index contributed by atoms with van der Waals surface area (Å²) < 4.78 is 30.0. The van der Waals surface area contributed by atoms with Crippen LogP contribution in [0.3, 0.4) is 0 Å². The summed E-state index contributed by atoms with van der Waals surface area (Å²) in [6.45, 7) is -0.833. The van der Waals surface area contributed by atoms with Gasteiger partial charge in [0.1, 0.15) is 25.4 Å². The van der Waals surface area contributed by atoms with Gasteiger partial charge in [0.15, 0.2) is 11.5 Å². The zero-order valence-electron chi connectivity index (χ0n) is 28.3. The quantitative estimate of drug-likeness (QED) is 0.124. The van der Waals surface area contributed by atoms with Gasteiger partial charge in [-0.05, 0) is 36.2 Å². The van der Waals surface area contributed by atoms with Crippen molar-refractivity contribution < 1.29 is 66.8 Å². The molecule has 2 atom stereocenters. The van der Waals surface area contributed by atoms with E-state index in [1.807, 2.05) is 0 Å². The van der Waals surface area contributed by atoms with Gasteiger partial charge < -0.3 is 43.5 Å². The van der Waals surface area contributed by atoms with E-state index in [4.69, 9.17) is 23.8 Å². The van der Waals surface area contributed by atoms with Crippen LogP contribution >= 0.6 is 0 Å². The van der Waals surface area contributed by atoms with Gasteiger partial charge in [0, 0.05) is 13.5 Å². The van der Waals surface area contributed by atoms with E-state index in [2.05, 4.69) is 14.8 Å². The molecule has 1 unspecified atom stereocenters. The summed E-state index contributed by atoms with van der Waals surface area (Å²) in [7, 11) is 3.29. The maximum absolute atomic E-state index is 13.8. The predicted octanol–water partition coefficient (Wildman–Crippen LogP) is 3.01. The van der Waals surface area contributed by atoms with E-state index in [1.165, 1.54) is 37.4 Å². The number of carbonyl (C=O) groups excluding carboxylic acids is 7. The Morgan fingerprint density at radius 3 is 2.19 bits per heavy atom. The van der Waals surface area contributed by atoms with Gasteiger partial charge in [-0.25, -0.2) is 19.2 Å². The molecule has 0 aromatic heterocycles. The monoisotopic (exact) mass is 721 g/mol. The Labute approximate surface area is 297 Å². The number of methoxy groups -OCH3 is 2. The molecule has 274 valence electrons. The summed E-state index contributed by atoms with van der Waals surface area (Å²) >= 11 is 0. The second-order valence-corrected chi connectivity index (χ2v) is 10.9. The van der Waals surface area contributed by atoms with Gasteiger partial charge in [0.05, 0.1) is 32.0 Å². The third-order valence-electron chi connectivity index (χ3n) is 7.42. The Morgan fingerprint density at radius 1 is 0.865 bits per heavy atom. The van der Waals surface area contributed by atoms with E-state index in [0.29, 0.717) is 5.56 Å². The second kappa shape index (κ2) is 18.5. The van der Waals surface area contributed by atoms with Crippen molar-refractivity contribution in [2.24, 2.45) is 0 Å². The predicted molar refractivity (Wildman–Crippen MR) is 175 cm³/mol. The highest BCUT2D eigenvalue weighted by Crippen LogP contribution is 2.34. The summed E-state index contributed by atoms with van der Waals surface area (Å²) in [5.74, 6) is -4.95. The molecule has 0 radical (unpaired) electrons. The molecule has 0 aliphatic carbocycles. The summed E-state index contributed by atoms with van der Waals surface area (Å²) in [6.07, 6.45) is -3.06. The standard InChI is InChI=1S/C35H35N3O14/c1-37(52-32(42)23-13-8-5-9-14-23)28(39)18-17-25(33(43)49-19-22-11-6-4-7-12-22)36-30(40)26-20-48-21-38(26)31(41)24-15-10-16-27(50-34(44)46-2)29(24)51-35(45)47-3/h4-16,25-26H,17-21H2,1-3H3,(H,36,40)/t25-,26?/m0/s1. The molecule has 1 fully saturated rings. The van der Waals surface area contributed by atoms with Crippen LogP contribution in [0.4, 0.5) is 9.59 Å². The van der Waals surface area contributed by atoms with Crippen LogP contribution in [0.25, 0.3) is 0 Å². The first-order valence-electron chi connectivity index (χ1n) is 15.6. The molecule has 17 nitrogen and oxygen atoms in total. The number of nitrogens with one attached hydrogen (secondary N) is 1. The highest BCUT2D eigenvalue weighted by atomic mass is 16.7. The number of nitrogens with zero attached hydrogens (tertiary/aromatic N) is 2. The molecule has 1 N–H and O–H groups in total. The number of rotatable bonds is 12. The molecule has 1 aliphatic rings. The Bertz CT molecular complexity index is 1770. The lowest BCUT2D eigenvalue weighted by Gasteiger charge is -2.25. The maximum Gasteiger partial charge on any atom is 0.513 e. The topological polar surface area (TPSA) is 203 Å². The first-order valence-corrected chi connectivity index (χ1v) is 15.6. The van der Waals surface area contributed by atoms with Gasteiger partial charge in [-0.1, -0.05) is 54.6 Å². The van der Waals surface area contributed by atoms with Crippen LogP contribution in [0, 0.1) is 0 Å². The van der Waals surface area contributed by atoms with E-state index in [0.717, 1.165) is 24.2 Å². The fourth-order valence-corrected chi connectivity index (χ4v) is 4.71. The van der Waals surface area contributed by atoms with Crippen molar-refractivity contribution in [3.8, 4) is 11.5 Å². The fraction of sp³-hybridized carbons (Fsp3) is 0.286. The molecule has 0 saturated carbocycles. The summed E-state index contributed by atoms with van der Waals surface area (Å²) in [4.78, 5) is 96.1. The fourth-order valence-electron chi connectivity index (χ4n) is 4.71. The van der Waals surface area contributed by atoms with E-state index in [1.54, 1.807) is 48.5 Å². The van der Waals surface area contributed by atoms with Gasteiger partial charge in [-0.2, -0.15) is 5.06 Å². The molecule has 52 heavy (non-hydrogen) atoms. The first-order chi connectivity index (χ1) is 25.0. The molecule has 1 aliphatic heterocycles. The van der Waals surface area contributed by atoms with Crippen molar-refractivity contribution in [3.63, 3.8) is 0 Å². The summed E-state index contributed by atoms with van der Waals surface area (Å²) in [6, 6.07) is 17.8. The number of para-hydroxylation sites is 1. The average molecular weight is 722 g/mol. The third-order valence-corrected chi connectivity index (χ3v) is 7.42. The van der Waals surface area contributed by atoms with Crippen molar-refractivity contribution in [3.05, 3.63) is 95.6 Å². The zero-order valence-corrected chi connectivity index (χ0v) is 28.3. The molecule has 0 spiro atoms. The number of amides is 3. The Kier molecular flexibility index (Phi) is 13.6. The SMILES string of the molecule is COC(=O)Oc1cccc(C(=O)N2COCC2C(=O)N[C@@H](CCC(=O)N(C)OC(=O)c2ccccc2)C(=O)OCc2ccccc2)c1OC(=O)OC. The van der Waals surface area contributed by atoms with Crippen LogP contribution in [0.15, 0.2) is 78.9 Å². The number of hydroxylamine groups is 2. The number of hydrogen-bond acceptors (Lipinski definition) is 14. The molecule has 0 bridgehead atoms. The number of benzene rings is 3. The Hall–Kier alpha value is -6.49. The van der Waals surface area contributed by atoms with Gasteiger partial charge in [-0.3, -0.25) is 14.4 Å². The molecule has 3 aromatic rings. The van der Waals surface area contributed by atoms with E-state index >= 15 is 0 Å². The minimum Gasteiger partial charge on any atom is -0.459 e. The number of esters is 1. The van der Waals surface area contributed by atoms with Crippen LogP contribution < -0.4 is 14.8 Å². The highest BCUT2D eigenvalue weighted by molar-refractivity contribution is 6.01. The van der Waals surface area contributed by atoms with Crippen molar-refractivity contribution >= 4 is 42.0 Å². The normalized spacial score (nSPS) is 13.9. The number of ether oxygens (including phenoxy) is 6. The average Bonchev–Trinajstić information content (AvgIpc) is 3.66. The molecular weight excluding hydrogens is 686 g/mol. The third kappa shape index (κ3) is 10.3. The molecule has 4 rings (SSSR count). The van der Waals surface area contributed by atoms with E-state index in [-0.39, 0.29) is 42.9 Å². The van der Waals surface area contributed by atoms with Gasteiger partial charge in [0.25, 0.3) is 11.8 Å². The first kappa shape index (κ1) is 38.3. The summed E-state index contributed by atoms with van der Waals surface area (Å²) in [5, 5.41) is 3.26. The minimum atomic E-state index is -1.40. The molecule has 3 aromatic carbocycles. The van der Waals surface area contributed by atoms with Crippen LogP contribution in [0.1, 0.15) is 39.1 Å². The molecule has 17 heteroatoms. The van der Waals surface area contributed by atoms with Crippen LogP contribution in [0.5, 0.6) is 11.5 Å². The second-order valence-electron chi connectivity index (χ2n) is 10.9. The molecular formula is C35H35N3O14. The van der Waals surface area contributed by atoms with Gasteiger partial charge in [-0.15, -0.1) is 0 Å². The zero-order chi connectivity index (χ0) is 37.6.